The summed E-state index contributed by atoms with van der Waals surface area (Å²) in [4.78, 5) is 11.2. The second kappa shape index (κ2) is 9.62. The number of aliphatic carboxylic acids is 1. The molecular weight excluding hydrogens is 326 g/mol. The van der Waals surface area contributed by atoms with Crippen molar-refractivity contribution >= 4 is 5.97 Å². The minimum atomic E-state index is -0.747. The van der Waals surface area contributed by atoms with E-state index in [1.165, 1.54) is 19.3 Å². The van der Waals surface area contributed by atoms with Crippen molar-refractivity contribution in [1.29, 1.82) is 5.26 Å². The minimum Gasteiger partial charge on any atom is -0.493 e. The average molecular weight is 357 g/mol. The third kappa shape index (κ3) is 4.78. The zero-order chi connectivity index (χ0) is 19.0. The van der Waals surface area contributed by atoms with E-state index in [-0.39, 0.29) is 5.92 Å². The van der Waals surface area contributed by atoms with Crippen molar-refractivity contribution in [1.82, 2.24) is 0 Å². The van der Waals surface area contributed by atoms with Crippen LogP contribution in [-0.4, -0.2) is 17.7 Å². The third-order valence-corrected chi connectivity index (χ3v) is 5.82. The van der Waals surface area contributed by atoms with Crippen LogP contribution in [0.2, 0.25) is 0 Å². The van der Waals surface area contributed by atoms with Gasteiger partial charge in [0.1, 0.15) is 5.75 Å². The van der Waals surface area contributed by atoms with E-state index in [0.29, 0.717) is 38.2 Å². The van der Waals surface area contributed by atoms with E-state index in [1.54, 1.807) is 0 Å². The van der Waals surface area contributed by atoms with Crippen LogP contribution in [0.5, 0.6) is 5.75 Å². The monoisotopic (exact) mass is 357 g/mol. The molecule has 1 unspecified atom stereocenters. The van der Waals surface area contributed by atoms with Gasteiger partial charge >= 0.3 is 5.97 Å². The van der Waals surface area contributed by atoms with Crippen LogP contribution < -0.4 is 4.74 Å². The second-order valence-electron chi connectivity index (χ2n) is 7.53. The molecule has 4 nitrogen and oxygen atoms in total. The molecule has 0 aromatic heterocycles. The summed E-state index contributed by atoms with van der Waals surface area (Å²) in [5.41, 5.74) is 0.296. The van der Waals surface area contributed by atoms with Crippen molar-refractivity contribution in [2.45, 2.75) is 70.6 Å². The first kappa shape index (κ1) is 20.3. The quantitative estimate of drug-likeness (QED) is 0.649. The van der Waals surface area contributed by atoms with Crippen LogP contribution in [0.15, 0.2) is 24.3 Å². The molecule has 1 saturated carbocycles. The van der Waals surface area contributed by atoms with E-state index in [2.05, 4.69) is 19.9 Å². The molecule has 0 amide bonds. The van der Waals surface area contributed by atoms with E-state index in [0.717, 1.165) is 17.7 Å². The fourth-order valence-corrected chi connectivity index (χ4v) is 3.89. The molecule has 1 N–H and O–H groups in total. The molecule has 1 aliphatic rings. The maximum Gasteiger partial charge on any atom is 0.306 e. The van der Waals surface area contributed by atoms with Crippen molar-refractivity contribution in [2.75, 3.05) is 6.61 Å². The minimum absolute atomic E-state index is 0.330. The van der Waals surface area contributed by atoms with Crippen molar-refractivity contribution in [3.63, 3.8) is 0 Å². The number of benzene rings is 1. The number of hydrogen-bond donors (Lipinski definition) is 1. The first-order valence-corrected chi connectivity index (χ1v) is 9.92. The number of hydrogen-bond acceptors (Lipinski definition) is 3. The fraction of sp³-hybridized carbons (Fsp3) is 0.636. The van der Waals surface area contributed by atoms with Gasteiger partial charge in [0.25, 0.3) is 0 Å². The predicted molar refractivity (Wildman–Crippen MR) is 102 cm³/mol. The molecule has 0 saturated heterocycles. The lowest BCUT2D eigenvalue weighted by Gasteiger charge is -2.35. The first-order valence-electron chi connectivity index (χ1n) is 9.92. The molecule has 1 fully saturated rings. The van der Waals surface area contributed by atoms with Crippen LogP contribution in [0.25, 0.3) is 0 Å². The summed E-state index contributed by atoms with van der Waals surface area (Å²) in [7, 11) is 0. The Morgan fingerprint density at radius 2 is 2.04 bits per heavy atom. The van der Waals surface area contributed by atoms with Crippen molar-refractivity contribution < 1.29 is 14.6 Å². The lowest BCUT2D eigenvalue weighted by molar-refractivity contribution is -0.143. The number of carbonyl (C=O) groups is 1. The Morgan fingerprint density at radius 3 is 2.62 bits per heavy atom. The standard InChI is InChI=1S/C22H31NO3/c1-3-5-8-17(4-2)15-26-20-10-7-6-9-19(20)22(16-23)13-11-18(12-14-22)21(24)25/h6-7,9-10,17-18H,3-5,8,11-15H2,1-2H3,(H,24,25). The van der Waals surface area contributed by atoms with Gasteiger partial charge in [-0.3, -0.25) is 4.79 Å². The highest BCUT2D eigenvalue weighted by Crippen LogP contribution is 2.44. The van der Waals surface area contributed by atoms with E-state index in [9.17, 15) is 15.2 Å². The Bertz CT molecular complexity index is 627. The van der Waals surface area contributed by atoms with Crippen LogP contribution in [-0.2, 0) is 10.2 Å². The Balaban J connectivity index is 2.14. The summed E-state index contributed by atoms with van der Waals surface area (Å²) in [6, 6.07) is 10.3. The second-order valence-corrected chi connectivity index (χ2v) is 7.53. The highest BCUT2D eigenvalue weighted by atomic mass is 16.5. The van der Waals surface area contributed by atoms with Gasteiger partial charge in [-0.25, -0.2) is 0 Å². The molecular formula is C22H31NO3. The van der Waals surface area contributed by atoms with Gasteiger partial charge in [0.15, 0.2) is 0 Å². The van der Waals surface area contributed by atoms with Crippen molar-refractivity contribution in [2.24, 2.45) is 11.8 Å². The number of nitriles is 1. The molecule has 2 rings (SSSR count). The van der Waals surface area contributed by atoms with Crippen molar-refractivity contribution in [3.8, 4) is 11.8 Å². The zero-order valence-electron chi connectivity index (χ0n) is 16.0. The molecule has 1 aromatic carbocycles. The van der Waals surface area contributed by atoms with E-state index in [4.69, 9.17) is 4.74 Å². The van der Waals surface area contributed by atoms with Gasteiger partial charge in [0.2, 0.25) is 0 Å². The number of ether oxygens (including phenoxy) is 1. The number of rotatable bonds is 9. The molecule has 0 heterocycles. The highest BCUT2D eigenvalue weighted by Gasteiger charge is 2.40. The molecule has 1 aliphatic carbocycles. The topological polar surface area (TPSA) is 70.3 Å². The van der Waals surface area contributed by atoms with Crippen LogP contribution >= 0.6 is 0 Å². The van der Waals surface area contributed by atoms with Gasteiger partial charge < -0.3 is 9.84 Å². The maximum absolute atomic E-state index is 11.2. The summed E-state index contributed by atoms with van der Waals surface area (Å²) in [6.45, 7) is 5.07. The number of unbranched alkanes of at least 4 members (excludes halogenated alkanes) is 1. The number of nitrogens with zero attached hydrogens (tertiary/aromatic N) is 1. The van der Waals surface area contributed by atoms with E-state index in [1.807, 2.05) is 24.3 Å². The molecule has 4 heteroatoms. The van der Waals surface area contributed by atoms with Gasteiger partial charge in [-0.2, -0.15) is 5.26 Å². The van der Waals surface area contributed by atoms with Crippen LogP contribution in [0.1, 0.15) is 70.8 Å². The molecule has 142 valence electrons. The smallest absolute Gasteiger partial charge is 0.306 e. The van der Waals surface area contributed by atoms with E-state index < -0.39 is 11.4 Å². The number of para-hydroxylation sites is 1. The number of carboxylic acids is 1. The molecule has 0 spiro atoms. The van der Waals surface area contributed by atoms with Gasteiger partial charge in [0, 0.05) is 5.56 Å². The Hall–Kier alpha value is -2.02. The summed E-state index contributed by atoms with van der Waals surface area (Å²) in [5.74, 6) is 0.243. The average Bonchev–Trinajstić information content (AvgIpc) is 2.68. The Kier molecular flexibility index (Phi) is 7.50. The fourth-order valence-electron chi connectivity index (χ4n) is 3.89. The molecule has 1 aromatic rings. The van der Waals surface area contributed by atoms with Gasteiger partial charge in [-0.15, -0.1) is 0 Å². The molecule has 0 bridgehead atoms. The number of carboxylic acid groups (broad SMARTS) is 1. The van der Waals surface area contributed by atoms with E-state index >= 15 is 0 Å². The predicted octanol–water partition coefficient (Wildman–Crippen LogP) is 5.32. The Morgan fingerprint density at radius 1 is 1.35 bits per heavy atom. The lowest BCUT2D eigenvalue weighted by atomic mass is 9.67. The SMILES string of the molecule is CCCCC(CC)COc1ccccc1C1(C#N)CCC(C(=O)O)CC1. The summed E-state index contributed by atoms with van der Waals surface area (Å²) in [5, 5.41) is 19.2. The normalized spacial score (nSPS) is 23.8. The third-order valence-electron chi connectivity index (χ3n) is 5.82. The molecule has 1 atom stereocenters. The summed E-state index contributed by atoms with van der Waals surface area (Å²) in [6.07, 6.45) is 6.90. The van der Waals surface area contributed by atoms with Crippen molar-refractivity contribution in [3.05, 3.63) is 29.8 Å². The van der Waals surface area contributed by atoms with Crippen LogP contribution in [0.3, 0.4) is 0 Å². The zero-order valence-corrected chi connectivity index (χ0v) is 16.0. The van der Waals surface area contributed by atoms with Gasteiger partial charge in [-0.1, -0.05) is 51.3 Å². The lowest BCUT2D eigenvalue weighted by Crippen LogP contribution is -2.33. The molecule has 0 radical (unpaired) electrons. The molecule has 26 heavy (non-hydrogen) atoms. The maximum atomic E-state index is 11.2. The Labute approximate surface area is 157 Å². The van der Waals surface area contributed by atoms with Crippen LogP contribution in [0.4, 0.5) is 0 Å². The van der Waals surface area contributed by atoms with Gasteiger partial charge in [0.05, 0.1) is 24.0 Å². The van der Waals surface area contributed by atoms with Gasteiger partial charge in [-0.05, 0) is 44.1 Å². The summed E-state index contributed by atoms with van der Waals surface area (Å²) >= 11 is 0. The first-order chi connectivity index (χ1) is 12.6. The highest BCUT2D eigenvalue weighted by molar-refractivity contribution is 5.70. The van der Waals surface area contributed by atoms with Crippen LogP contribution in [0, 0.1) is 23.2 Å². The molecule has 0 aliphatic heterocycles. The largest absolute Gasteiger partial charge is 0.493 e. The summed E-state index contributed by atoms with van der Waals surface area (Å²) < 4.78 is 6.17.